The highest BCUT2D eigenvalue weighted by Gasteiger charge is 2.34. The molecular formula is C16H25N3O. The highest BCUT2D eigenvalue weighted by molar-refractivity contribution is 5.45. The Morgan fingerprint density at radius 1 is 1.15 bits per heavy atom. The van der Waals surface area contributed by atoms with Crippen LogP contribution in [0.5, 0.6) is 0 Å². The highest BCUT2D eigenvalue weighted by Crippen LogP contribution is 2.27. The Morgan fingerprint density at radius 2 is 1.85 bits per heavy atom. The summed E-state index contributed by atoms with van der Waals surface area (Å²) in [7, 11) is 0. The van der Waals surface area contributed by atoms with E-state index in [0.717, 1.165) is 51.3 Å². The molecule has 2 fully saturated rings. The summed E-state index contributed by atoms with van der Waals surface area (Å²) >= 11 is 0. The first-order valence-corrected chi connectivity index (χ1v) is 7.77. The second-order valence-corrected chi connectivity index (χ2v) is 6.35. The van der Waals surface area contributed by atoms with Crippen molar-refractivity contribution in [3.63, 3.8) is 0 Å². The molecule has 0 saturated carbocycles. The van der Waals surface area contributed by atoms with Crippen LogP contribution in [-0.2, 0) is 0 Å². The Bertz CT molecular complexity index is 432. The van der Waals surface area contributed by atoms with Gasteiger partial charge in [0.1, 0.15) is 0 Å². The summed E-state index contributed by atoms with van der Waals surface area (Å²) in [6.07, 6.45) is 6.24. The molecule has 0 atom stereocenters. The maximum absolute atomic E-state index is 10.8. The molecule has 110 valence electrons. The van der Waals surface area contributed by atoms with E-state index in [0.29, 0.717) is 0 Å². The minimum atomic E-state index is -0.487. The van der Waals surface area contributed by atoms with Crippen molar-refractivity contribution >= 4 is 5.69 Å². The number of aryl methyl sites for hydroxylation is 1. The predicted octanol–water partition coefficient (Wildman–Crippen LogP) is 1.82. The number of likely N-dealkylation sites (tertiary alicyclic amines) is 1. The number of hydrogen-bond acceptors (Lipinski definition) is 4. The van der Waals surface area contributed by atoms with Crippen molar-refractivity contribution in [1.82, 2.24) is 9.88 Å². The van der Waals surface area contributed by atoms with Gasteiger partial charge in [0.05, 0.1) is 17.5 Å². The van der Waals surface area contributed by atoms with E-state index in [2.05, 4.69) is 26.9 Å². The third-order valence-electron chi connectivity index (χ3n) is 4.67. The van der Waals surface area contributed by atoms with E-state index < -0.39 is 5.60 Å². The average Bonchev–Trinajstić information content (AvgIpc) is 2.93. The highest BCUT2D eigenvalue weighted by atomic mass is 16.3. The van der Waals surface area contributed by atoms with E-state index in [1.165, 1.54) is 18.5 Å². The van der Waals surface area contributed by atoms with Crippen LogP contribution in [0.2, 0.25) is 0 Å². The number of nitrogens with zero attached hydrogens (tertiary/aromatic N) is 3. The quantitative estimate of drug-likeness (QED) is 0.913. The lowest BCUT2D eigenvalue weighted by molar-refractivity contribution is -0.0111. The third-order valence-corrected chi connectivity index (χ3v) is 4.67. The molecule has 2 aliphatic rings. The van der Waals surface area contributed by atoms with Gasteiger partial charge in [0, 0.05) is 25.3 Å². The summed E-state index contributed by atoms with van der Waals surface area (Å²) in [6.45, 7) is 7.04. The molecule has 0 unspecified atom stereocenters. The molecule has 0 radical (unpaired) electrons. The van der Waals surface area contributed by atoms with Gasteiger partial charge in [-0.15, -0.1) is 0 Å². The third kappa shape index (κ3) is 3.13. The summed E-state index contributed by atoms with van der Waals surface area (Å²) in [5.74, 6) is 0. The van der Waals surface area contributed by atoms with Crippen LogP contribution in [0.4, 0.5) is 5.69 Å². The number of anilines is 1. The molecule has 0 bridgehead atoms. The van der Waals surface area contributed by atoms with Gasteiger partial charge in [0.25, 0.3) is 0 Å². The fourth-order valence-electron chi connectivity index (χ4n) is 3.34. The van der Waals surface area contributed by atoms with E-state index in [1.807, 2.05) is 13.1 Å². The van der Waals surface area contributed by atoms with Gasteiger partial charge in [0.15, 0.2) is 0 Å². The summed E-state index contributed by atoms with van der Waals surface area (Å²) in [6, 6.07) is 4.19. The van der Waals surface area contributed by atoms with Gasteiger partial charge >= 0.3 is 0 Å². The van der Waals surface area contributed by atoms with Crippen molar-refractivity contribution in [2.75, 3.05) is 37.6 Å². The molecule has 1 aromatic rings. The Kier molecular flexibility index (Phi) is 3.94. The minimum Gasteiger partial charge on any atom is -0.388 e. The molecule has 0 spiro atoms. The van der Waals surface area contributed by atoms with E-state index in [-0.39, 0.29) is 0 Å². The molecule has 1 aromatic heterocycles. The summed E-state index contributed by atoms with van der Waals surface area (Å²) in [5, 5.41) is 10.8. The van der Waals surface area contributed by atoms with Gasteiger partial charge < -0.3 is 14.9 Å². The number of aromatic nitrogens is 1. The number of rotatable bonds is 3. The lowest BCUT2D eigenvalue weighted by Crippen LogP contribution is -2.50. The number of pyridine rings is 1. The largest absolute Gasteiger partial charge is 0.388 e. The molecule has 4 nitrogen and oxygen atoms in total. The van der Waals surface area contributed by atoms with Crippen molar-refractivity contribution in [2.45, 2.75) is 38.2 Å². The number of piperidine rings is 1. The van der Waals surface area contributed by atoms with Crippen LogP contribution < -0.4 is 4.90 Å². The summed E-state index contributed by atoms with van der Waals surface area (Å²) in [4.78, 5) is 9.12. The topological polar surface area (TPSA) is 39.6 Å². The van der Waals surface area contributed by atoms with Gasteiger partial charge in [-0.1, -0.05) is 0 Å². The molecule has 20 heavy (non-hydrogen) atoms. The fourth-order valence-corrected chi connectivity index (χ4v) is 3.34. The number of β-amino-alcohol motifs (C(OH)–C–C–N with tert-alkyl or cyclic N) is 1. The zero-order valence-electron chi connectivity index (χ0n) is 12.4. The Labute approximate surface area is 121 Å². The zero-order valence-corrected chi connectivity index (χ0v) is 12.4. The van der Waals surface area contributed by atoms with Crippen molar-refractivity contribution in [1.29, 1.82) is 0 Å². The van der Waals surface area contributed by atoms with E-state index >= 15 is 0 Å². The van der Waals surface area contributed by atoms with Gasteiger partial charge in [-0.05, 0) is 57.8 Å². The molecular weight excluding hydrogens is 250 g/mol. The van der Waals surface area contributed by atoms with Crippen LogP contribution in [-0.4, -0.2) is 53.3 Å². The number of hydrogen-bond donors (Lipinski definition) is 1. The van der Waals surface area contributed by atoms with E-state index in [1.54, 1.807) is 0 Å². The fraction of sp³-hybridized carbons (Fsp3) is 0.688. The minimum absolute atomic E-state index is 0.487. The van der Waals surface area contributed by atoms with E-state index in [9.17, 15) is 5.11 Å². The first-order valence-electron chi connectivity index (χ1n) is 7.77. The zero-order chi connectivity index (χ0) is 14.0. The first-order chi connectivity index (χ1) is 9.65. The molecule has 2 saturated heterocycles. The molecule has 0 aliphatic carbocycles. The van der Waals surface area contributed by atoms with Crippen LogP contribution in [0, 0.1) is 6.92 Å². The van der Waals surface area contributed by atoms with Gasteiger partial charge in [-0.25, -0.2) is 0 Å². The SMILES string of the molecule is Cc1ccc(N2CCC(O)(CN3CCCC3)CC2)cn1. The van der Waals surface area contributed by atoms with Crippen molar-refractivity contribution in [3.8, 4) is 0 Å². The van der Waals surface area contributed by atoms with Gasteiger partial charge in [-0.2, -0.15) is 0 Å². The molecule has 3 rings (SSSR count). The molecule has 2 aliphatic heterocycles. The lowest BCUT2D eigenvalue weighted by Gasteiger charge is -2.41. The molecule has 1 N–H and O–H groups in total. The molecule has 4 heteroatoms. The molecule has 3 heterocycles. The average molecular weight is 275 g/mol. The van der Waals surface area contributed by atoms with Gasteiger partial charge in [0.2, 0.25) is 0 Å². The standard InChI is InChI=1S/C16H25N3O/c1-14-4-5-15(12-17-14)19-10-6-16(20,7-11-19)13-18-8-2-3-9-18/h4-5,12,20H,2-3,6-11,13H2,1H3. The van der Waals surface area contributed by atoms with Crippen molar-refractivity contribution < 1.29 is 5.11 Å². The van der Waals surface area contributed by atoms with Crippen LogP contribution in [0.1, 0.15) is 31.4 Å². The van der Waals surface area contributed by atoms with Crippen LogP contribution in [0.3, 0.4) is 0 Å². The Balaban J connectivity index is 1.56. The van der Waals surface area contributed by atoms with Crippen molar-refractivity contribution in [3.05, 3.63) is 24.0 Å². The number of aliphatic hydroxyl groups is 1. The van der Waals surface area contributed by atoms with Crippen molar-refractivity contribution in [2.24, 2.45) is 0 Å². The Hall–Kier alpha value is -1.13. The second-order valence-electron chi connectivity index (χ2n) is 6.35. The summed E-state index contributed by atoms with van der Waals surface area (Å²) < 4.78 is 0. The maximum atomic E-state index is 10.8. The predicted molar refractivity (Wildman–Crippen MR) is 81.0 cm³/mol. The smallest absolute Gasteiger partial charge is 0.0807 e. The van der Waals surface area contributed by atoms with Crippen LogP contribution in [0.15, 0.2) is 18.3 Å². The monoisotopic (exact) mass is 275 g/mol. The lowest BCUT2D eigenvalue weighted by atomic mass is 9.90. The van der Waals surface area contributed by atoms with Crippen LogP contribution in [0.25, 0.3) is 0 Å². The first kappa shape index (κ1) is 13.8. The summed E-state index contributed by atoms with van der Waals surface area (Å²) in [5.41, 5.74) is 1.74. The van der Waals surface area contributed by atoms with Crippen LogP contribution >= 0.6 is 0 Å². The second kappa shape index (κ2) is 5.70. The maximum Gasteiger partial charge on any atom is 0.0807 e. The molecule has 0 aromatic carbocycles. The Morgan fingerprint density at radius 3 is 2.45 bits per heavy atom. The van der Waals surface area contributed by atoms with Gasteiger partial charge in [-0.3, -0.25) is 4.98 Å². The normalized spacial score (nSPS) is 23.2. The van der Waals surface area contributed by atoms with E-state index in [4.69, 9.17) is 0 Å². The molecule has 0 amide bonds.